The molecule has 0 spiro atoms. The zero-order valence-corrected chi connectivity index (χ0v) is 9.31. The Labute approximate surface area is 93.9 Å². The maximum absolute atomic E-state index is 12.0. The summed E-state index contributed by atoms with van der Waals surface area (Å²) < 4.78 is 1.53. The van der Waals surface area contributed by atoms with Crippen LogP contribution in [0.15, 0.2) is 35.3 Å². The second kappa shape index (κ2) is 4.90. The van der Waals surface area contributed by atoms with E-state index in [4.69, 9.17) is 0 Å². The van der Waals surface area contributed by atoms with Gasteiger partial charge in [0.2, 0.25) is 0 Å². The summed E-state index contributed by atoms with van der Waals surface area (Å²) in [6.45, 7) is 1.55. The molecule has 0 bridgehead atoms. The van der Waals surface area contributed by atoms with E-state index in [1.165, 1.54) is 4.68 Å². The van der Waals surface area contributed by atoms with Crippen LogP contribution < -0.4 is 10.9 Å². The zero-order valence-electron chi connectivity index (χ0n) is 9.31. The van der Waals surface area contributed by atoms with Crippen LogP contribution in [0.5, 0.6) is 0 Å². The lowest BCUT2D eigenvalue weighted by Gasteiger charge is -2.05. The van der Waals surface area contributed by atoms with Crippen molar-refractivity contribution >= 4 is 10.8 Å². The van der Waals surface area contributed by atoms with Crippen LogP contribution in [0.4, 0.5) is 0 Å². The minimum Gasteiger partial charge on any atom is -0.320 e. The summed E-state index contributed by atoms with van der Waals surface area (Å²) in [5, 5.41) is 8.84. The number of fused-ring (bicyclic) bond motifs is 1. The van der Waals surface area contributed by atoms with E-state index in [0.29, 0.717) is 6.54 Å². The topological polar surface area (TPSA) is 46.9 Å². The largest absolute Gasteiger partial charge is 0.320 e. The van der Waals surface area contributed by atoms with Crippen LogP contribution in [0.2, 0.25) is 0 Å². The number of aryl methyl sites for hydroxylation is 1. The molecule has 0 fully saturated rings. The highest BCUT2D eigenvalue weighted by molar-refractivity contribution is 5.80. The molecule has 0 aliphatic rings. The van der Waals surface area contributed by atoms with Crippen LogP contribution in [0.3, 0.4) is 0 Å². The predicted octanol–water partition coefficient (Wildman–Crippen LogP) is 1.01. The quantitative estimate of drug-likeness (QED) is 0.777. The molecule has 16 heavy (non-hydrogen) atoms. The Morgan fingerprint density at radius 3 is 3.00 bits per heavy atom. The maximum Gasteiger partial charge on any atom is 0.274 e. The van der Waals surface area contributed by atoms with E-state index in [2.05, 4.69) is 10.4 Å². The molecular weight excluding hydrogens is 202 g/mol. The van der Waals surface area contributed by atoms with Gasteiger partial charge < -0.3 is 5.32 Å². The molecule has 0 saturated carbocycles. The van der Waals surface area contributed by atoms with Crippen molar-refractivity contribution in [3.05, 3.63) is 40.8 Å². The molecule has 0 aliphatic carbocycles. The van der Waals surface area contributed by atoms with Crippen molar-refractivity contribution in [2.24, 2.45) is 0 Å². The molecule has 0 unspecified atom stereocenters. The van der Waals surface area contributed by atoms with Gasteiger partial charge in [0.25, 0.3) is 5.56 Å². The number of aromatic nitrogens is 2. The number of nitrogens with one attached hydrogen (secondary N) is 1. The molecule has 84 valence electrons. The molecule has 1 heterocycles. The highest BCUT2D eigenvalue weighted by Gasteiger charge is 2.02. The molecule has 4 heteroatoms. The molecule has 2 rings (SSSR count). The standard InChI is InChI=1S/C12H15N3O/c1-13-7-4-8-15-12(16)11-6-3-2-5-10(11)9-14-15/h2-3,5-6,9,13H,4,7-8H2,1H3. The van der Waals surface area contributed by atoms with Crippen molar-refractivity contribution in [1.82, 2.24) is 15.1 Å². The third-order valence-corrected chi connectivity index (χ3v) is 2.56. The summed E-state index contributed by atoms with van der Waals surface area (Å²) in [6.07, 6.45) is 2.65. The highest BCUT2D eigenvalue weighted by atomic mass is 16.1. The van der Waals surface area contributed by atoms with Crippen molar-refractivity contribution < 1.29 is 0 Å². The first-order valence-corrected chi connectivity index (χ1v) is 5.42. The number of benzene rings is 1. The van der Waals surface area contributed by atoms with Crippen LogP contribution in [0.1, 0.15) is 6.42 Å². The van der Waals surface area contributed by atoms with Crippen molar-refractivity contribution in [3.8, 4) is 0 Å². The van der Waals surface area contributed by atoms with Gasteiger partial charge in [-0.05, 0) is 26.1 Å². The number of hydrogen-bond acceptors (Lipinski definition) is 3. The first kappa shape index (κ1) is 10.8. The van der Waals surface area contributed by atoms with Crippen LogP contribution in [0.25, 0.3) is 10.8 Å². The molecule has 0 aliphatic heterocycles. The molecular formula is C12H15N3O. The van der Waals surface area contributed by atoms with E-state index in [9.17, 15) is 4.79 Å². The molecule has 0 radical (unpaired) electrons. The van der Waals surface area contributed by atoms with E-state index in [-0.39, 0.29) is 5.56 Å². The summed E-state index contributed by atoms with van der Waals surface area (Å²) in [5.74, 6) is 0. The molecule has 1 N–H and O–H groups in total. The average molecular weight is 217 g/mol. The Balaban J connectivity index is 2.33. The molecule has 1 aromatic heterocycles. The van der Waals surface area contributed by atoms with E-state index >= 15 is 0 Å². The Bertz CT molecular complexity index is 533. The van der Waals surface area contributed by atoms with Gasteiger partial charge in [-0.3, -0.25) is 4.79 Å². The minimum atomic E-state index is -0.00537. The van der Waals surface area contributed by atoms with Crippen molar-refractivity contribution in [2.45, 2.75) is 13.0 Å². The fourth-order valence-corrected chi connectivity index (χ4v) is 1.69. The van der Waals surface area contributed by atoms with Gasteiger partial charge in [-0.1, -0.05) is 18.2 Å². The second-order valence-corrected chi connectivity index (χ2v) is 3.72. The van der Waals surface area contributed by atoms with Gasteiger partial charge in [-0.25, -0.2) is 4.68 Å². The maximum atomic E-state index is 12.0. The summed E-state index contributed by atoms with van der Waals surface area (Å²) in [6, 6.07) is 7.53. The third-order valence-electron chi connectivity index (χ3n) is 2.56. The SMILES string of the molecule is CNCCCn1ncc2ccccc2c1=O. The number of nitrogens with zero attached hydrogens (tertiary/aromatic N) is 2. The lowest BCUT2D eigenvalue weighted by Crippen LogP contribution is -2.24. The normalized spacial score (nSPS) is 10.8. The molecule has 1 aromatic carbocycles. The first-order chi connectivity index (χ1) is 7.83. The summed E-state index contributed by atoms with van der Waals surface area (Å²) in [7, 11) is 1.90. The minimum absolute atomic E-state index is 0.00537. The summed E-state index contributed by atoms with van der Waals surface area (Å²) >= 11 is 0. The highest BCUT2D eigenvalue weighted by Crippen LogP contribution is 2.06. The lowest BCUT2D eigenvalue weighted by atomic mass is 10.2. The number of hydrogen-bond donors (Lipinski definition) is 1. The Morgan fingerprint density at radius 2 is 2.19 bits per heavy atom. The van der Waals surface area contributed by atoms with E-state index in [1.807, 2.05) is 31.3 Å². The third kappa shape index (κ3) is 2.12. The van der Waals surface area contributed by atoms with Crippen molar-refractivity contribution in [2.75, 3.05) is 13.6 Å². The molecule has 0 saturated heterocycles. The number of rotatable bonds is 4. The monoisotopic (exact) mass is 217 g/mol. The van der Waals surface area contributed by atoms with Gasteiger partial charge in [-0.2, -0.15) is 5.10 Å². The van der Waals surface area contributed by atoms with Crippen molar-refractivity contribution in [1.29, 1.82) is 0 Å². The fourth-order valence-electron chi connectivity index (χ4n) is 1.69. The van der Waals surface area contributed by atoms with E-state index in [0.717, 1.165) is 23.7 Å². The van der Waals surface area contributed by atoms with E-state index < -0.39 is 0 Å². The Morgan fingerprint density at radius 1 is 1.38 bits per heavy atom. The van der Waals surface area contributed by atoms with Crippen LogP contribution in [-0.2, 0) is 6.54 Å². The van der Waals surface area contributed by atoms with Gasteiger partial charge in [0.1, 0.15) is 0 Å². The Hall–Kier alpha value is -1.68. The van der Waals surface area contributed by atoms with Gasteiger partial charge >= 0.3 is 0 Å². The smallest absolute Gasteiger partial charge is 0.274 e. The molecule has 0 amide bonds. The van der Waals surface area contributed by atoms with Gasteiger partial charge in [0.15, 0.2) is 0 Å². The first-order valence-electron chi connectivity index (χ1n) is 5.42. The van der Waals surface area contributed by atoms with E-state index in [1.54, 1.807) is 6.20 Å². The predicted molar refractivity (Wildman–Crippen MR) is 64.5 cm³/mol. The zero-order chi connectivity index (χ0) is 11.4. The summed E-state index contributed by atoms with van der Waals surface area (Å²) in [5.41, 5.74) is -0.00537. The van der Waals surface area contributed by atoms with Gasteiger partial charge in [0, 0.05) is 11.9 Å². The Kier molecular flexibility index (Phi) is 3.31. The fraction of sp³-hybridized carbons (Fsp3) is 0.333. The molecule has 4 nitrogen and oxygen atoms in total. The van der Waals surface area contributed by atoms with Crippen LogP contribution in [-0.4, -0.2) is 23.4 Å². The lowest BCUT2D eigenvalue weighted by molar-refractivity contribution is 0.541. The molecule has 0 atom stereocenters. The van der Waals surface area contributed by atoms with Crippen LogP contribution >= 0.6 is 0 Å². The molecule has 2 aromatic rings. The second-order valence-electron chi connectivity index (χ2n) is 3.72. The average Bonchev–Trinajstić information content (AvgIpc) is 2.33. The summed E-state index contributed by atoms with van der Waals surface area (Å²) in [4.78, 5) is 12.0. The van der Waals surface area contributed by atoms with Gasteiger partial charge in [-0.15, -0.1) is 0 Å². The van der Waals surface area contributed by atoms with Crippen LogP contribution in [0, 0.1) is 0 Å². The van der Waals surface area contributed by atoms with Crippen molar-refractivity contribution in [3.63, 3.8) is 0 Å². The van der Waals surface area contributed by atoms with Gasteiger partial charge in [0.05, 0.1) is 11.6 Å².